The zero-order valence-corrected chi connectivity index (χ0v) is 48.7. The minimum atomic E-state index is -4.67. The molecule has 0 radical (unpaired) electrons. The van der Waals surface area contributed by atoms with Crippen LogP contribution in [0.2, 0.25) is 0 Å². The maximum Gasteiger partial charge on any atom is 0.402 e. The van der Waals surface area contributed by atoms with Crippen molar-refractivity contribution in [1.82, 2.24) is 0 Å². The highest BCUT2D eigenvalue weighted by Crippen LogP contribution is 2.63. The molecule has 0 saturated heterocycles. The summed E-state index contributed by atoms with van der Waals surface area (Å²) in [5.41, 5.74) is 6.36. The van der Waals surface area contributed by atoms with E-state index in [-0.39, 0.29) is 38.8 Å². The lowest BCUT2D eigenvalue weighted by atomic mass is 9.78. The van der Waals surface area contributed by atoms with Gasteiger partial charge in [-0.1, -0.05) is 184 Å². The average molecular weight is 1180 g/mol. The van der Waals surface area contributed by atoms with Crippen molar-refractivity contribution in [1.29, 1.82) is 0 Å². The van der Waals surface area contributed by atoms with Gasteiger partial charge in [0.1, 0.15) is 16.2 Å². The zero-order valence-electron chi connectivity index (χ0n) is 48.7. The molecule has 0 saturated carbocycles. The summed E-state index contributed by atoms with van der Waals surface area (Å²) in [6.45, 7) is 8.19. The average Bonchev–Trinajstić information content (AvgIpc) is 1.71. The van der Waals surface area contributed by atoms with Crippen molar-refractivity contribution in [2.45, 2.75) is 74.8 Å². The monoisotopic (exact) mass is 1180 g/mol. The lowest BCUT2D eigenvalue weighted by molar-refractivity contribution is -0.172. The molecular formula is C80H51F9. The molecule has 0 aromatic heterocycles. The molecule has 9 heteroatoms. The fourth-order valence-corrected chi connectivity index (χ4v) is 16.8. The van der Waals surface area contributed by atoms with Crippen LogP contribution in [-0.4, -0.2) is 18.5 Å². The maximum atomic E-state index is 15.8. The minimum Gasteiger partial charge on any atom is -0.170 e. The smallest absolute Gasteiger partial charge is 0.170 e. The molecule has 13 aromatic rings. The largest absolute Gasteiger partial charge is 0.402 e. The molecule has 0 heterocycles. The van der Waals surface area contributed by atoms with Gasteiger partial charge in [-0.25, -0.2) is 0 Å². The van der Waals surface area contributed by atoms with E-state index >= 15 is 39.5 Å². The molecule has 434 valence electrons. The summed E-state index contributed by atoms with van der Waals surface area (Å²) in [4.78, 5) is 0. The van der Waals surface area contributed by atoms with Crippen molar-refractivity contribution >= 4 is 43.1 Å². The number of rotatable bonds is 4. The molecule has 0 spiro atoms. The van der Waals surface area contributed by atoms with Gasteiger partial charge in [-0.3, -0.25) is 0 Å². The number of hydrogen-bond donors (Lipinski definition) is 0. The SMILES string of the molecule is CC1(C)c2ccccc2-c2c(-c3cc4cc(-c5cccc6c5-c5ccccc5C6(C)C(F)(F)F)cc5c6cc(-c7cccc8c7-c7ccccc7C8(C)C(F)(F)F)cc7cc(-c8cccc9c8-c8ccccc8C9(C)C(F)(F)F)cc(c(c3)c45)c76)cccc21. The molecule has 17 rings (SSSR count). The molecule has 0 nitrogen and oxygen atoms in total. The molecule has 89 heavy (non-hydrogen) atoms. The van der Waals surface area contributed by atoms with Crippen molar-refractivity contribution in [3.05, 3.63) is 263 Å². The summed E-state index contributed by atoms with van der Waals surface area (Å²) in [5, 5.41) is 6.26. The van der Waals surface area contributed by atoms with E-state index in [1.807, 2.05) is 42.5 Å². The second-order valence-corrected chi connectivity index (χ2v) is 25.9. The van der Waals surface area contributed by atoms with Gasteiger partial charge in [0.25, 0.3) is 0 Å². The number of halogens is 9. The molecule has 4 aliphatic carbocycles. The third kappa shape index (κ3) is 6.72. The number of hydrogen-bond acceptors (Lipinski definition) is 0. The Morgan fingerprint density at radius 2 is 0.461 bits per heavy atom. The number of alkyl halides is 9. The second-order valence-electron chi connectivity index (χ2n) is 25.9. The van der Waals surface area contributed by atoms with Crippen LogP contribution in [0.4, 0.5) is 39.5 Å². The van der Waals surface area contributed by atoms with Crippen LogP contribution in [0.3, 0.4) is 0 Å². The third-order valence-electron chi connectivity index (χ3n) is 21.2. The fraction of sp³-hybridized carbons (Fsp3) is 0.150. The standard InChI is InChI=1S/C80H51F9/c1-74(2)60-26-10-6-18-52(60)70-48(22-14-30-64(70)74)42-34-46-35-43(49-23-15-31-65-71(49)53-19-7-11-27-61(53)75(65,3)78(81,82)83)40-58-59-41-45(51-25-17-33-67-73(51)55-21-9-13-29-63(55)77(67,5)80(87,88)89)37-47-36-44(39-57(69(47)59)56(38-42)68(46)58)50-24-16-32-66-72(50)54-20-8-12-28-62(54)76(66,4)79(84,85)86/h6-41H,1-5H3. The Hall–Kier alpha value is -9.47. The van der Waals surface area contributed by atoms with Gasteiger partial charge in [0.15, 0.2) is 0 Å². The second kappa shape index (κ2) is 17.4. The van der Waals surface area contributed by atoms with Crippen molar-refractivity contribution in [2.75, 3.05) is 0 Å². The highest BCUT2D eigenvalue weighted by Gasteiger charge is 2.61. The van der Waals surface area contributed by atoms with Crippen LogP contribution < -0.4 is 0 Å². The Labute approximate surface area is 506 Å². The summed E-state index contributed by atoms with van der Waals surface area (Å²) in [5.74, 6) is 0. The van der Waals surface area contributed by atoms with E-state index in [0.717, 1.165) is 65.5 Å². The van der Waals surface area contributed by atoms with Crippen LogP contribution >= 0.6 is 0 Å². The molecule has 0 bridgehead atoms. The van der Waals surface area contributed by atoms with E-state index in [2.05, 4.69) is 80.6 Å². The van der Waals surface area contributed by atoms with Gasteiger partial charge in [0, 0.05) is 5.41 Å². The topological polar surface area (TPSA) is 0 Å². The third-order valence-corrected chi connectivity index (χ3v) is 21.2. The van der Waals surface area contributed by atoms with E-state index in [1.54, 1.807) is 109 Å². The first-order chi connectivity index (χ1) is 42.5. The molecule has 0 N–H and O–H groups in total. The first-order valence-electron chi connectivity index (χ1n) is 29.9. The Kier molecular flexibility index (Phi) is 10.5. The Morgan fingerprint density at radius 1 is 0.236 bits per heavy atom. The summed E-state index contributed by atoms with van der Waals surface area (Å²) >= 11 is 0. The Bertz CT molecular complexity index is 5300. The number of fused-ring (bicyclic) bond motifs is 14. The van der Waals surface area contributed by atoms with Gasteiger partial charge in [0.2, 0.25) is 0 Å². The molecule has 3 unspecified atom stereocenters. The molecule has 0 amide bonds. The lowest BCUT2D eigenvalue weighted by Gasteiger charge is -2.30. The molecule has 4 aliphatic rings. The van der Waals surface area contributed by atoms with Gasteiger partial charge in [-0.2, -0.15) is 39.5 Å². The number of benzene rings is 13. The highest BCUT2D eigenvalue weighted by molar-refractivity contribution is 6.35. The normalized spacial score (nSPS) is 19.3. The van der Waals surface area contributed by atoms with Crippen LogP contribution in [-0.2, 0) is 21.7 Å². The van der Waals surface area contributed by atoms with Crippen molar-refractivity contribution in [2.24, 2.45) is 0 Å². The molecule has 0 fully saturated rings. The quantitative estimate of drug-likeness (QED) is 0.0936. The first-order valence-corrected chi connectivity index (χ1v) is 29.9. The van der Waals surface area contributed by atoms with Crippen molar-refractivity contribution in [3.8, 4) is 89.0 Å². The van der Waals surface area contributed by atoms with E-state index in [0.29, 0.717) is 72.1 Å². The van der Waals surface area contributed by atoms with Gasteiger partial charge >= 0.3 is 18.5 Å². The first kappa shape index (κ1) is 53.7. The van der Waals surface area contributed by atoms with Gasteiger partial charge in [-0.15, -0.1) is 0 Å². The minimum absolute atomic E-state index is 0.114. The van der Waals surface area contributed by atoms with E-state index in [1.165, 1.54) is 26.3 Å². The Morgan fingerprint density at radius 3 is 0.753 bits per heavy atom. The van der Waals surface area contributed by atoms with Crippen LogP contribution in [0.1, 0.15) is 79.1 Å². The molecule has 13 aromatic carbocycles. The summed E-state index contributed by atoms with van der Waals surface area (Å²) in [6, 6.07) is 66.9. The van der Waals surface area contributed by atoms with Crippen LogP contribution in [0, 0.1) is 0 Å². The van der Waals surface area contributed by atoms with Gasteiger partial charge < -0.3 is 0 Å². The fourth-order valence-electron chi connectivity index (χ4n) is 16.8. The van der Waals surface area contributed by atoms with Crippen LogP contribution in [0.5, 0.6) is 0 Å². The van der Waals surface area contributed by atoms with Crippen molar-refractivity contribution in [3.63, 3.8) is 0 Å². The van der Waals surface area contributed by atoms with Gasteiger partial charge in [0.05, 0.1) is 0 Å². The van der Waals surface area contributed by atoms with Crippen molar-refractivity contribution < 1.29 is 39.5 Å². The van der Waals surface area contributed by atoms with E-state index < -0.39 is 34.8 Å². The summed E-state index contributed by atoms with van der Waals surface area (Å²) in [7, 11) is 0. The lowest BCUT2D eigenvalue weighted by Crippen LogP contribution is -2.38. The predicted octanol–water partition coefficient (Wildman–Crippen LogP) is 23.3. The summed E-state index contributed by atoms with van der Waals surface area (Å²) in [6.07, 6.45) is -14.0. The van der Waals surface area contributed by atoms with E-state index in [9.17, 15) is 0 Å². The molecule has 0 aliphatic heterocycles. The highest BCUT2D eigenvalue weighted by atomic mass is 19.4. The van der Waals surface area contributed by atoms with Gasteiger partial charge in [-0.05, 0) is 246 Å². The molecule has 3 atom stereocenters. The van der Waals surface area contributed by atoms with Crippen LogP contribution in [0.25, 0.3) is 132 Å². The zero-order chi connectivity index (χ0) is 61.4. The predicted molar refractivity (Wildman–Crippen MR) is 341 cm³/mol. The summed E-state index contributed by atoms with van der Waals surface area (Å²) < 4.78 is 142. The van der Waals surface area contributed by atoms with Crippen LogP contribution in [0.15, 0.2) is 218 Å². The van der Waals surface area contributed by atoms with E-state index in [4.69, 9.17) is 0 Å². The molecular weight excluding hydrogens is 1130 g/mol. The Balaban J connectivity index is 1.04. The maximum absolute atomic E-state index is 15.8.